The second-order valence-electron chi connectivity index (χ2n) is 7.19. The number of hydrogen-bond acceptors (Lipinski definition) is 6. The predicted octanol–water partition coefficient (Wildman–Crippen LogP) is 4.80. The maximum Gasteiger partial charge on any atom is 0.269 e. The van der Waals surface area contributed by atoms with Gasteiger partial charge in [-0.05, 0) is 43.2 Å². The Morgan fingerprint density at radius 1 is 1.36 bits per heavy atom. The standard InChI is InChI=1S/C20H21N3O3S2/c1-3-22-19(24)17-15-9-4-12(2)10-16(15)28-18(17)21-20(22)27-11-13-5-7-14(8-6-13)23(25)26/h5-8,12H,3-4,9-11H2,1-2H3. The van der Waals surface area contributed by atoms with E-state index in [0.29, 0.717) is 23.4 Å². The number of fused-ring (bicyclic) bond motifs is 3. The zero-order valence-electron chi connectivity index (χ0n) is 15.8. The van der Waals surface area contributed by atoms with Crippen LogP contribution in [0.5, 0.6) is 0 Å². The fourth-order valence-corrected chi connectivity index (χ4v) is 6.10. The third-order valence-corrected chi connectivity index (χ3v) is 7.41. The molecule has 1 atom stereocenters. The molecule has 1 aliphatic rings. The van der Waals surface area contributed by atoms with Crippen molar-refractivity contribution in [2.24, 2.45) is 5.92 Å². The normalized spacial score (nSPS) is 16.3. The number of benzene rings is 1. The van der Waals surface area contributed by atoms with Gasteiger partial charge < -0.3 is 0 Å². The summed E-state index contributed by atoms with van der Waals surface area (Å²) in [6, 6.07) is 6.52. The number of thiophene rings is 1. The number of nitro groups is 1. The van der Waals surface area contributed by atoms with Crippen molar-refractivity contribution in [2.45, 2.75) is 50.6 Å². The molecule has 3 aromatic rings. The number of aromatic nitrogens is 2. The minimum absolute atomic E-state index is 0.0609. The largest absolute Gasteiger partial charge is 0.287 e. The lowest BCUT2D eigenvalue weighted by molar-refractivity contribution is -0.384. The second-order valence-corrected chi connectivity index (χ2v) is 9.21. The van der Waals surface area contributed by atoms with Gasteiger partial charge in [-0.25, -0.2) is 4.98 Å². The van der Waals surface area contributed by atoms with Crippen LogP contribution >= 0.6 is 23.1 Å². The number of hydrogen-bond donors (Lipinski definition) is 0. The molecule has 28 heavy (non-hydrogen) atoms. The first-order valence-corrected chi connectivity index (χ1v) is 11.2. The maximum absolute atomic E-state index is 13.2. The third-order valence-electron chi connectivity index (χ3n) is 5.21. The minimum atomic E-state index is -0.402. The zero-order valence-corrected chi connectivity index (χ0v) is 17.4. The van der Waals surface area contributed by atoms with E-state index in [2.05, 4.69) is 6.92 Å². The monoisotopic (exact) mass is 415 g/mol. The van der Waals surface area contributed by atoms with Gasteiger partial charge in [0.25, 0.3) is 11.2 Å². The van der Waals surface area contributed by atoms with Crippen molar-refractivity contribution in [1.82, 2.24) is 9.55 Å². The number of aryl methyl sites for hydroxylation is 1. The summed E-state index contributed by atoms with van der Waals surface area (Å²) >= 11 is 3.17. The predicted molar refractivity (Wildman–Crippen MR) is 113 cm³/mol. The minimum Gasteiger partial charge on any atom is -0.287 e. The molecule has 0 radical (unpaired) electrons. The number of thioether (sulfide) groups is 1. The Bertz CT molecular complexity index is 1100. The van der Waals surface area contributed by atoms with Crippen LogP contribution in [-0.4, -0.2) is 14.5 Å². The molecule has 0 saturated carbocycles. The molecule has 1 aliphatic carbocycles. The molecular formula is C20H21N3O3S2. The van der Waals surface area contributed by atoms with E-state index in [9.17, 15) is 14.9 Å². The highest BCUT2D eigenvalue weighted by Crippen LogP contribution is 2.36. The van der Waals surface area contributed by atoms with E-state index in [1.54, 1.807) is 28.0 Å². The summed E-state index contributed by atoms with van der Waals surface area (Å²) in [5, 5.41) is 12.3. The first-order chi connectivity index (χ1) is 13.5. The van der Waals surface area contributed by atoms with Crippen molar-refractivity contribution < 1.29 is 4.92 Å². The lowest BCUT2D eigenvalue weighted by atomic mass is 9.89. The first-order valence-electron chi connectivity index (χ1n) is 9.39. The summed E-state index contributed by atoms with van der Waals surface area (Å²) in [4.78, 5) is 30.6. The SMILES string of the molecule is CCn1c(SCc2ccc([N+](=O)[O-])cc2)nc2sc3c(c2c1=O)CCC(C)C3. The van der Waals surface area contributed by atoms with Crippen LogP contribution in [0.2, 0.25) is 0 Å². The number of non-ortho nitro benzene ring substituents is 1. The lowest BCUT2D eigenvalue weighted by Gasteiger charge is -2.17. The van der Waals surface area contributed by atoms with E-state index in [-0.39, 0.29) is 11.2 Å². The molecule has 2 aromatic heterocycles. The highest BCUT2D eigenvalue weighted by molar-refractivity contribution is 7.98. The Labute approximate surface area is 170 Å². The van der Waals surface area contributed by atoms with Crippen molar-refractivity contribution in [3.63, 3.8) is 0 Å². The topological polar surface area (TPSA) is 78.0 Å². The second kappa shape index (κ2) is 7.67. The summed E-state index contributed by atoms with van der Waals surface area (Å²) in [7, 11) is 0. The Kier molecular flexibility index (Phi) is 5.25. The van der Waals surface area contributed by atoms with Crippen molar-refractivity contribution in [2.75, 3.05) is 0 Å². The van der Waals surface area contributed by atoms with E-state index in [4.69, 9.17) is 4.98 Å². The fraction of sp³-hybridized carbons (Fsp3) is 0.400. The van der Waals surface area contributed by atoms with Crippen molar-refractivity contribution in [3.05, 3.63) is 60.7 Å². The summed E-state index contributed by atoms with van der Waals surface area (Å²) in [5.41, 5.74) is 2.32. The number of nitrogens with zero attached hydrogens (tertiary/aromatic N) is 3. The van der Waals surface area contributed by atoms with Gasteiger partial charge in [-0.3, -0.25) is 19.5 Å². The fourth-order valence-electron chi connectivity index (χ4n) is 3.66. The molecule has 0 amide bonds. The van der Waals surface area contributed by atoms with Gasteiger partial charge in [-0.15, -0.1) is 11.3 Å². The van der Waals surface area contributed by atoms with Crippen molar-refractivity contribution in [3.8, 4) is 0 Å². The molecule has 146 valence electrons. The van der Waals surface area contributed by atoms with E-state index >= 15 is 0 Å². The summed E-state index contributed by atoms with van der Waals surface area (Å²) < 4.78 is 1.75. The van der Waals surface area contributed by atoms with Crippen LogP contribution in [-0.2, 0) is 25.1 Å². The van der Waals surface area contributed by atoms with E-state index < -0.39 is 4.92 Å². The molecule has 1 aromatic carbocycles. The van der Waals surface area contributed by atoms with Gasteiger partial charge in [0.05, 0.1) is 10.3 Å². The smallest absolute Gasteiger partial charge is 0.269 e. The highest BCUT2D eigenvalue weighted by Gasteiger charge is 2.24. The molecule has 2 heterocycles. The Hall–Kier alpha value is -2.19. The van der Waals surface area contributed by atoms with Gasteiger partial charge in [0.1, 0.15) is 4.83 Å². The average Bonchev–Trinajstić information content (AvgIpc) is 3.04. The van der Waals surface area contributed by atoms with Crippen molar-refractivity contribution in [1.29, 1.82) is 0 Å². The molecule has 0 N–H and O–H groups in total. The first kappa shape index (κ1) is 19.1. The quantitative estimate of drug-likeness (QED) is 0.259. The van der Waals surface area contributed by atoms with Gasteiger partial charge in [0, 0.05) is 29.3 Å². The summed E-state index contributed by atoms with van der Waals surface area (Å²) in [6.07, 6.45) is 3.13. The molecule has 0 fully saturated rings. The lowest BCUT2D eigenvalue weighted by Crippen LogP contribution is -2.23. The van der Waals surface area contributed by atoms with Gasteiger partial charge in [-0.2, -0.15) is 0 Å². The average molecular weight is 416 g/mol. The third kappa shape index (κ3) is 3.46. The maximum atomic E-state index is 13.2. The van der Waals surface area contributed by atoms with Crippen LogP contribution in [0.15, 0.2) is 34.2 Å². The van der Waals surface area contributed by atoms with Gasteiger partial charge in [-0.1, -0.05) is 30.8 Å². The molecule has 0 bridgehead atoms. The van der Waals surface area contributed by atoms with Crippen LogP contribution in [0.3, 0.4) is 0 Å². The molecule has 0 saturated heterocycles. The number of rotatable bonds is 5. The highest BCUT2D eigenvalue weighted by atomic mass is 32.2. The van der Waals surface area contributed by atoms with Crippen LogP contribution in [0.25, 0.3) is 10.2 Å². The van der Waals surface area contributed by atoms with Crippen LogP contribution in [0.4, 0.5) is 5.69 Å². The Balaban J connectivity index is 1.67. The molecule has 0 spiro atoms. The van der Waals surface area contributed by atoms with Crippen molar-refractivity contribution >= 4 is 39.0 Å². The van der Waals surface area contributed by atoms with Crippen LogP contribution in [0.1, 0.15) is 36.3 Å². The van der Waals surface area contributed by atoms with E-state index in [1.165, 1.54) is 34.3 Å². The van der Waals surface area contributed by atoms with Gasteiger partial charge in [0.15, 0.2) is 5.16 Å². The molecule has 0 aliphatic heterocycles. The molecule has 1 unspecified atom stereocenters. The molecule has 4 rings (SSSR count). The van der Waals surface area contributed by atoms with E-state index in [0.717, 1.165) is 35.0 Å². The Morgan fingerprint density at radius 2 is 2.11 bits per heavy atom. The molecular weight excluding hydrogens is 394 g/mol. The van der Waals surface area contributed by atoms with E-state index in [1.807, 2.05) is 6.92 Å². The zero-order chi connectivity index (χ0) is 19.8. The summed E-state index contributed by atoms with van der Waals surface area (Å²) in [6.45, 7) is 4.80. The Morgan fingerprint density at radius 3 is 2.79 bits per heavy atom. The van der Waals surface area contributed by atoms with Crippen LogP contribution in [0, 0.1) is 16.0 Å². The van der Waals surface area contributed by atoms with Gasteiger partial charge in [0.2, 0.25) is 0 Å². The number of nitro benzene ring substituents is 1. The van der Waals surface area contributed by atoms with Gasteiger partial charge >= 0.3 is 0 Å². The van der Waals surface area contributed by atoms with Crippen LogP contribution < -0.4 is 5.56 Å². The summed E-state index contributed by atoms with van der Waals surface area (Å²) in [5.74, 6) is 1.27. The molecule has 8 heteroatoms. The molecule has 6 nitrogen and oxygen atoms in total.